The Hall–Kier alpha value is -3.85. The van der Waals surface area contributed by atoms with Crippen molar-refractivity contribution in [1.29, 1.82) is 0 Å². The van der Waals surface area contributed by atoms with Crippen molar-refractivity contribution >= 4 is 21.9 Å². The van der Waals surface area contributed by atoms with E-state index in [9.17, 15) is 18.0 Å². The molecule has 0 aliphatic carbocycles. The number of ether oxygens (including phenoxy) is 3. The molecule has 0 N–H and O–H groups in total. The van der Waals surface area contributed by atoms with Crippen LogP contribution in [0, 0.1) is 0 Å². The van der Waals surface area contributed by atoms with Crippen LogP contribution in [-0.2, 0) is 50.1 Å². The van der Waals surface area contributed by atoms with Gasteiger partial charge in [0.05, 0.1) is 25.0 Å². The highest BCUT2D eigenvalue weighted by atomic mass is 32.2. The Labute approximate surface area is 223 Å². The van der Waals surface area contributed by atoms with E-state index in [2.05, 4.69) is 0 Å². The summed E-state index contributed by atoms with van der Waals surface area (Å²) in [7, 11) is -1.95. The second kappa shape index (κ2) is 11.7. The Balaban J connectivity index is 1.72. The zero-order valence-corrected chi connectivity index (χ0v) is 22.5. The zero-order chi connectivity index (χ0) is 27.3. The fraction of sp³-hybridized carbons (Fsp3) is 0.310. The topological polar surface area (TPSA) is 99.2 Å². The molecule has 0 saturated carbocycles. The third-order valence-electron chi connectivity index (χ3n) is 6.44. The van der Waals surface area contributed by atoms with Gasteiger partial charge in [-0.05, 0) is 59.4 Å². The van der Waals surface area contributed by atoms with Crippen molar-refractivity contribution in [3.05, 3.63) is 82.9 Å². The van der Waals surface area contributed by atoms with Crippen LogP contribution < -0.4 is 4.74 Å². The summed E-state index contributed by atoms with van der Waals surface area (Å²) in [5, 5.41) is 0. The summed E-state index contributed by atoms with van der Waals surface area (Å²) in [5.41, 5.74) is 4.43. The number of amides is 1. The average molecular weight is 538 g/mol. The summed E-state index contributed by atoms with van der Waals surface area (Å²) in [6.45, 7) is 2.69. The van der Waals surface area contributed by atoms with E-state index in [1.54, 1.807) is 43.2 Å². The molecule has 0 radical (unpaired) electrons. The normalized spacial score (nSPS) is 13.0. The minimum Gasteiger partial charge on any atom is -0.496 e. The highest BCUT2D eigenvalue weighted by Gasteiger charge is 2.29. The lowest BCUT2D eigenvalue weighted by atomic mass is 9.90. The van der Waals surface area contributed by atoms with Gasteiger partial charge in [-0.3, -0.25) is 4.79 Å². The first-order chi connectivity index (χ1) is 18.2. The molecule has 0 saturated heterocycles. The Kier molecular flexibility index (Phi) is 8.36. The van der Waals surface area contributed by atoms with Crippen molar-refractivity contribution in [2.24, 2.45) is 0 Å². The summed E-state index contributed by atoms with van der Waals surface area (Å²) >= 11 is 0. The Bertz CT molecular complexity index is 1430. The summed E-state index contributed by atoms with van der Waals surface area (Å²) in [4.78, 5) is 26.9. The van der Waals surface area contributed by atoms with Crippen LogP contribution in [0.5, 0.6) is 5.75 Å². The summed E-state index contributed by atoms with van der Waals surface area (Å²) in [5.74, 6) is 0.223. The van der Waals surface area contributed by atoms with Crippen LogP contribution in [0.4, 0.5) is 4.79 Å². The van der Waals surface area contributed by atoms with Gasteiger partial charge in [-0.2, -0.15) is 0 Å². The number of methoxy groups -OCH3 is 1. The van der Waals surface area contributed by atoms with Crippen LogP contribution in [0.25, 0.3) is 11.1 Å². The number of nitrogens with zero attached hydrogens (tertiary/aromatic N) is 1. The Morgan fingerprint density at radius 1 is 0.921 bits per heavy atom. The maximum absolute atomic E-state index is 13.0. The van der Waals surface area contributed by atoms with Crippen LogP contribution in [0.3, 0.4) is 0 Å². The number of fused-ring (bicyclic) bond motifs is 1. The molecule has 8 nitrogen and oxygen atoms in total. The molecule has 9 heteroatoms. The highest BCUT2D eigenvalue weighted by Crippen LogP contribution is 2.39. The first-order valence-corrected chi connectivity index (χ1v) is 14.2. The minimum absolute atomic E-state index is 0.0897. The van der Waals surface area contributed by atoms with Crippen molar-refractivity contribution < 1.29 is 32.2 Å². The largest absolute Gasteiger partial charge is 0.496 e. The molecular weight excluding hydrogens is 506 g/mol. The molecule has 3 aromatic carbocycles. The van der Waals surface area contributed by atoms with Crippen molar-refractivity contribution in [3.8, 4) is 16.9 Å². The molecule has 0 bridgehead atoms. The quantitative estimate of drug-likeness (QED) is 0.388. The molecule has 0 fully saturated rings. The SMILES string of the molecule is CCOC(=O)Cc1ccc(OC)c(-c2ccc(S(C)(=O)=O)c3c2CN(C(=O)OCc2ccccc2)CC3)c1. The monoisotopic (exact) mass is 537 g/mol. The molecule has 3 aromatic rings. The highest BCUT2D eigenvalue weighted by molar-refractivity contribution is 7.90. The molecule has 38 heavy (non-hydrogen) atoms. The first kappa shape index (κ1) is 27.2. The van der Waals surface area contributed by atoms with Gasteiger partial charge in [-0.25, -0.2) is 13.2 Å². The molecule has 1 amide bonds. The van der Waals surface area contributed by atoms with E-state index in [-0.39, 0.29) is 30.4 Å². The third kappa shape index (κ3) is 6.16. The number of esters is 1. The molecule has 0 spiro atoms. The van der Waals surface area contributed by atoms with Crippen LogP contribution in [0.15, 0.2) is 65.6 Å². The maximum Gasteiger partial charge on any atom is 0.410 e. The molecule has 0 aromatic heterocycles. The lowest BCUT2D eigenvalue weighted by Gasteiger charge is -2.31. The molecule has 1 aliphatic rings. The van der Waals surface area contributed by atoms with Crippen LogP contribution in [-0.4, -0.2) is 51.9 Å². The van der Waals surface area contributed by atoms with E-state index in [1.807, 2.05) is 36.4 Å². The number of hydrogen-bond donors (Lipinski definition) is 0. The predicted molar refractivity (Wildman–Crippen MR) is 143 cm³/mol. The van der Waals surface area contributed by atoms with Gasteiger partial charge in [-0.1, -0.05) is 42.5 Å². The fourth-order valence-corrected chi connectivity index (χ4v) is 5.65. The van der Waals surface area contributed by atoms with Crippen molar-refractivity contribution in [2.45, 2.75) is 37.8 Å². The number of benzene rings is 3. The lowest BCUT2D eigenvalue weighted by Crippen LogP contribution is -2.37. The molecule has 0 atom stereocenters. The van der Waals surface area contributed by atoms with Gasteiger partial charge in [0.15, 0.2) is 9.84 Å². The Morgan fingerprint density at radius 3 is 2.37 bits per heavy atom. The third-order valence-corrected chi connectivity index (χ3v) is 7.62. The summed E-state index contributed by atoms with van der Waals surface area (Å²) in [6, 6.07) is 18.2. The predicted octanol–water partition coefficient (Wildman–Crippen LogP) is 4.57. The van der Waals surface area contributed by atoms with Crippen molar-refractivity contribution in [3.63, 3.8) is 0 Å². The number of carbonyl (C=O) groups excluding carboxylic acids is 2. The van der Waals surface area contributed by atoms with Gasteiger partial charge in [0.1, 0.15) is 12.4 Å². The van der Waals surface area contributed by atoms with Crippen LogP contribution >= 0.6 is 0 Å². The van der Waals surface area contributed by atoms with Gasteiger partial charge >= 0.3 is 12.1 Å². The number of carbonyl (C=O) groups is 2. The van der Waals surface area contributed by atoms with Crippen molar-refractivity contribution in [2.75, 3.05) is 26.5 Å². The van der Waals surface area contributed by atoms with E-state index >= 15 is 0 Å². The summed E-state index contributed by atoms with van der Waals surface area (Å²) in [6.07, 6.45) is 1.16. The maximum atomic E-state index is 13.0. The number of hydrogen-bond acceptors (Lipinski definition) is 7. The first-order valence-electron chi connectivity index (χ1n) is 12.3. The van der Waals surface area contributed by atoms with E-state index in [1.165, 1.54) is 6.26 Å². The molecule has 200 valence electrons. The van der Waals surface area contributed by atoms with E-state index < -0.39 is 15.9 Å². The van der Waals surface area contributed by atoms with Crippen LogP contribution in [0.1, 0.15) is 29.2 Å². The average Bonchev–Trinajstić information content (AvgIpc) is 2.91. The van der Waals surface area contributed by atoms with Crippen LogP contribution in [0.2, 0.25) is 0 Å². The zero-order valence-electron chi connectivity index (χ0n) is 21.7. The molecule has 1 heterocycles. The van der Waals surface area contributed by atoms with Gasteiger partial charge in [-0.15, -0.1) is 0 Å². The fourth-order valence-electron chi connectivity index (χ4n) is 4.66. The van der Waals surface area contributed by atoms with Gasteiger partial charge < -0.3 is 19.1 Å². The number of sulfone groups is 1. The second-order valence-electron chi connectivity index (χ2n) is 9.07. The number of rotatable bonds is 8. The van der Waals surface area contributed by atoms with Crippen molar-refractivity contribution in [1.82, 2.24) is 4.90 Å². The lowest BCUT2D eigenvalue weighted by molar-refractivity contribution is -0.142. The van der Waals surface area contributed by atoms with Gasteiger partial charge in [0, 0.05) is 24.9 Å². The van der Waals surface area contributed by atoms with E-state index in [0.717, 1.165) is 16.7 Å². The molecular formula is C29H31NO7S. The minimum atomic E-state index is -3.50. The summed E-state index contributed by atoms with van der Waals surface area (Å²) < 4.78 is 41.5. The van der Waals surface area contributed by atoms with Gasteiger partial charge in [0.2, 0.25) is 0 Å². The van der Waals surface area contributed by atoms with E-state index in [0.29, 0.717) is 42.0 Å². The van der Waals surface area contributed by atoms with Gasteiger partial charge in [0.25, 0.3) is 0 Å². The standard InChI is InChI=1S/C29H31NO7S/c1-4-36-28(31)17-21-10-12-26(35-2)24(16-21)22-11-13-27(38(3,33)34)23-14-15-30(18-25(22)23)29(32)37-19-20-8-6-5-7-9-20/h5-13,16H,4,14-15,17-19H2,1-3H3. The molecule has 1 aliphatic heterocycles. The second-order valence-corrected chi connectivity index (χ2v) is 11.1. The van der Waals surface area contributed by atoms with E-state index in [4.69, 9.17) is 14.2 Å². The molecule has 4 rings (SSSR count). The molecule has 0 unspecified atom stereocenters. The Morgan fingerprint density at radius 2 is 1.68 bits per heavy atom. The smallest absolute Gasteiger partial charge is 0.410 e.